The number of benzene rings is 3. The second-order valence-corrected chi connectivity index (χ2v) is 8.57. The molecule has 2 amide bonds. The fraction of sp³-hybridized carbons (Fsp3) is 0.200. The van der Waals surface area contributed by atoms with E-state index in [-0.39, 0.29) is 11.3 Å². The summed E-state index contributed by atoms with van der Waals surface area (Å²) in [6, 6.07) is 19.0. The Bertz CT molecular complexity index is 1490. The zero-order valence-corrected chi connectivity index (χ0v) is 21.6. The molecule has 3 aromatic carbocycles. The first-order chi connectivity index (χ1) is 18.4. The summed E-state index contributed by atoms with van der Waals surface area (Å²) < 4.78 is 27.0. The minimum atomic E-state index is -0.705. The number of nitrogens with zero attached hydrogens (tertiary/aromatic N) is 1. The van der Waals surface area contributed by atoms with E-state index in [1.54, 1.807) is 32.4 Å². The third-order valence-electron chi connectivity index (χ3n) is 6.22. The average molecular weight is 516 g/mol. The number of aromatic nitrogens is 1. The van der Waals surface area contributed by atoms with Crippen LogP contribution < -0.4 is 20.1 Å². The van der Waals surface area contributed by atoms with Crippen LogP contribution in [-0.2, 0) is 17.8 Å². The van der Waals surface area contributed by atoms with E-state index in [4.69, 9.17) is 9.47 Å². The topological polar surface area (TPSA) is 81.6 Å². The van der Waals surface area contributed by atoms with E-state index >= 15 is 0 Å². The highest BCUT2D eigenvalue weighted by Crippen LogP contribution is 2.27. The fourth-order valence-electron chi connectivity index (χ4n) is 4.25. The van der Waals surface area contributed by atoms with Crippen LogP contribution in [0.1, 0.15) is 28.4 Å². The van der Waals surface area contributed by atoms with Gasteiger partial charge < -0.3 is 24.7 Å². The molecule has 0 aliphatic rings. The summed E-state index contributed by atoms with van der Waals surface area (Å²) in [5.41, 5.74) is 2.59. The van der Waals surface area contributed by atoms with Crippen molar-refractivity contribution in [3.63, 3.8) is 0 Å². The lowest BCUT2D eigenvalue weighted by molar-refractivity contribution is -0.117. The van der Waals surface area contributed by atoms with E-state index in [9.17, 15) is 14.0 Å². The number of nitrogens with one attached hydrogen (secondary N) is 2. The number of carbonyl (C=O) groups excluding carboxylic acids is 2. The first kappa shape index (κ1) is 26.5. The van der Waals surface area contributed by atoms with Crippen molar-refractivity contribution in [3.05, 3.63) is 101 Å². The van der Waals surface area contributed by atoms with E-state index in [1.165, 1.54) is 18.2 Å². The Morgan fingerprint density at radius 1 is 0.974 bits per heavy atom. The molecule has 0 aliphatic heterocycles. The summed E-state index contributed by atoms with van der Waals surface area (Å²) in [6.45, 7) is 3.07. The summed E-state index contributed by atoms with van der Waals surface area (Å²) >= 11 is 0. The Hall–Kier alpha value is -4.59. The number of methoxy groups -OCH3 is 2. The zero-order valence-electron chi connectivity index (χ0n) is 21.6. The van der Waals surface area contributed by atoms with Gasteiger partial charge in [-0.15, -0.1) is 0 Å². The predicted molar refractivity (Wildman–Crippen MR) is 146 cm³/mol. The molecule has 0 fully saturated rings. The average Bonchev–Trinajstić information content (AvgIpc) is 3.30. The van der Waals surface area contributed by atoms with Gasteiger partial charge in [0.15, 0.2) is 11.5 Å². The number of hydrogen-bond acceptors (Lipinski definition) is 4. The van der Waals surface area contributed by atoms with E-state index < -0.39 is 17.6 Å². The summed E-state index contributed by atoms with van der Waals surface area (Å²) in [7, 11) is 3.13. The van der Waals surface area contributed by atoms with Crippen molar-refractivity contribution < 1.29 is 23.5 Å². The third kappa shape index (κ3) is 5.86. The number of hydrogen-bond donors (Lipinski definition) is 2. The van der Waals surface area contributed by atoms with Gasteiger partial charge >= 0.3 is 0 Å². The van der Waals surface area contributed by atoms with Gasteiger partial charge in [-0.2, -0.15) is 0 Å². The first-order valence-electron chi connectivity index (χ1n) is 12.3. The quantitative estimate of drug-likeness (QED) is 0.293. The van der Waals surface area contributed by atoms with Gasteiger partial charge in [-0.3, -0.25) is 9.59 Å². The van der Waals surface area contributed by atoms with Crippen molar-refractivity contribution in [2.24, 2.45) is 0 Å². The van der Waals surface area contributed by atoms with Gasteiger partial charge in [0, 0.05) is 35.8 Å². The third-order valence-corrected chi connectivity index (χ3v) is 6.22. The molecule has 196 valence electrons. The number of ether oxygens (including phenoxy) is 2. The molecule has 0 unspecified atom stereocenters. The highest BCUT2D eigenvalue weighted by atomic mass is 19.1. The minimum Gasteiger partial charge on any atom is -0.493 e. The number of carbonyl (C=O) groups is 2. The van der Waals surface area contributed by atoms with Gasteiger partial charge in [0.2, 0.25) is 0 Å². The van der Waals surface area contributed by atoms with Gasteiger partial charge in [0.25, 0.3) is 11.8 Å². The van der Waals surface area contributed by atoms with E-state index in [1.807, 2.05) is 49.5 Å². The van der Waals surface area contributed by atoms with Crippen LogP contribution in [0.5, 0.6) is 11.5 Å². The molecule has 38 heavy (non-hydrogen) atoms. The maximum Gasteiger partial charge on any atom is 0.267 e. The summed E-state index contributed by atoms with van der Waals surface area (Å²) in [4.78, 5) is 26.2. The zero-order chi connectivity index (χ0) is 27.1. The monoisotopic (exact) mass is 515 g/mol. The summed E-state index contributed by atoms with van der Waals surface area (Å²) in [5, 5.41) is 6.42. The molecule has 1 heterocycles. The van der Waals surface area contributed by atoms with Gasteiger partial charge in [0.05, 0.1) is 19.8 Å². The Morgan fingerprint density at radius 3 is 2.45 bits per heavy atom. The first-order valence-corrected chi connectivity index (χ1v) is 12.3. The van der Waals surface area contributed by atoms with Gasteiger partial charge in [0.1, 0.15) is 11.5 Å². The van der Waals surface area contributed by atoms with Crippen molar-refractivity contribution >= 4 is 28.8 Å². The van der Waals surface area contributed by atoms with E-state index in [2.05, 4.69) is 15.2 Å². The number of rotatable bonds is 10. The van der Waals surface area contributed by atoms with Gasteiger partial charge in [-0.05, 0) is 55.3 Å². The Labute approximate surface area is 220 Å². The highest BCUT2D eigenvalue weighted by molar-refractivity contribution is 6.06. The van der Waals surface area contributed by atoms with Crippen molar-refractivity contribution in [1.29, 1.82) is 0 Å². The molecule has 2 N–H and O–H groups in total. The maximum atomic E-state index is 14.3. The molecule has 7 nitrogen and oxygen atoms in total. The largest absolute Gasteiger partial charge is 0.493 e. The van der Waals surface area contributed by atoms with Crippen molar-refractivity contribution in [2.75, 3.05) is 20.8 Å². The van der Waals surface area contributed by atoms with Gasteiger partial charge in [-0.1, -0.05) is 36.4 Å². The van der Waals surface area contributed by atoms with Crippen LogP contribution in [0.2, 0.25) is 0 Å². The molecule has 0 radical (unpaired) electrons. The summed E-state index contributed by atoms with van der Waals surface area (Å²) in [5.74, 6) is -0.637. The lowest BCUT2D eigenvalue weighted by Crippen LogP contribution is -2.36. The molecule has 4 aromatic rings. The number of fused-ring (bicyclic) bond motifs is 1. The van der Waals surface area contributed by atoms with E-state index in [0.29, 0.717) is 24.5 Å². The predicted octanol–water partition coefficient (Wildman–Crippen LogP) is 4.95. The molecule has 0 saturated heterocycles. The molecule has 4 rings (SSSR count). The second-order valence-electron chi connectivity index (χ2n) is 8.57. The standard InChI is InChI=1S/C30H30FN3O4/c1-4-34-19-21(22-9-6-8-12-26(22)34)18-25(33-29(35)23-10-5-7-11-24(23)31)30(36)32-16-15-20-13-14-27(37-2)28(17-20)38-3/h5-14,17-19H,4,15-16H2,1-3H3,(H,32,36)(H,33,35)/b25-18-. The number of amides is 2. The van der Waals surface area contributed by atoms with Crippen LogP contribution in [0, 0.1) is 5.82 Å². The van der Waals surface area contributed by atoms with Crippen LogP contribution >= 0.6 is 0 Å². The molecule has 0 atom stereocenters. The fourth-order valence-corrected chi connectivity index (χ4v) is 4.25. The highest BCUT2D eigenvalue weighted by Gasteiger charge is 2.18. The van der Waals surface area contributed by atoms with Crippen LogP contribution in [-0.4, -0.2) is 37.1 Å². The Kier molecular flexibility index (Phi) is 8.43. The van der Waals surface area contributed by atoms with Crippen molar-refractivity contribution in [1.82, 2.24) is 15.2 Å². The van der Waals surface area contributed by atoms with Crippen molar-refractivity contribution in [3.8, 4) is 11.5 Å². The maximum absolute atomic E-state index is 14.3. The van der Waals surface area contributed by atoms with Gasteiger partial charge in [-0.25, -0.2) is 4.39 Å². The van der Waals surface area contributed by atoms with Crippen LogP contribution in [0.3, 0.4) is 0 Å². The second kappa shape index (κ2) is 12.1. The SMILES string of the molecule is CCn1cc(/C=C(\NC(=O)c2ccccc2F)C(=O)NCCc2ccc(OC)c(OC)c2)c2ccccc21. The molecule has 0 bridgehead atoms. The normalized spacial score (nSPS) is 11.3. The molecular weight excluding hydrogens is 485 g/mol. The number of para-hydroxylation sites is 1. The van der Waals surface area contributed by atoms with E-state index in [0.717, 1.165) is 28.6 Å². The van der Waals surface area contributed by atoms with Crippen LogP contribution in [0.15, 0.2) is 78.6 Å². The number of aryl methyl sites for hydroxylation is 1. The molecule has 0 saturated carbocycles. The van der Waals surface area contributed by atoms with Crippen molar-refractivity contribution in [2.45, 2.75) is 19.9 Å². The lowest BCUT2D eigenvalue weighted by Gasteiger charge is -2.12. The Balaban J connectivity index is 1.59. The lowest BCUT2D eigenvalue weighted by atomic mass is 10.1. The number of halogens is 1. The molecule has 1 aromatic heterocycles. The molecule has 0 aliphatic carbocycles. The minimum absolute atomic E-state index is 0.0181. The Morgan fingerprint density at radius 2 is 1.71 bits per heavy atom. The molecular formula is C30H30FN3O4. The summed E-state index contributed by atoms with van der Waals surface area (Å²) in [6.07, 6.45) is 4.07. The molecule has 8 heteroatoms. The van der Waals surface area contributed by atoms with Crippen LogP contribution in [0.25, 0.3) is 17.0 Å². The van der Waals surface area contributed by atoms with Crippen LogP contribution in [0.4, 0.5) is 4.39 Å². The smallest absolute Gasteiger partial charge is 0.267 e. The molecule has 0 spiro atoms.